The SMILES string of the molecule is Cn1ccc(CN2CCC(Cn3nc(C(C)(C)C)ccc3=O)CC2)nc1=O. The minimum Gasteiger partial charge on any atom is -0.302 e. The molecule has 0 unspecified atom stereocenters. The molecule has 27 heavy (non-hydrogen) atoms. The van der Waals surface area contributed by atoms with E-state index in [1.54, 1.807) is 24.0 Å². The fourth-order valence-corrected chi connectivity index (χ4v) is 3.37. The number of aryl methyl sites for hydroxylation is 1. The normalized spacial score (nSPS) is 16.6. The Kier molecular flexibility index (Phi) is 5.60. The fraction of sp³-hybridized carbons (Fsp3) is 0.600. The van der Waals surface area contributed by atoms with Crippen LogP contribution in [0.5, 0.6) is 0 Å². The van der Waals surface area contributed by atoms with Crippen LogP contribution in [0.25, 0.3) is 0 Å². The Morgan fingerprint density at radius 1 is 1.11 bits per heavy atom. The molecule has 3 heterocycles. The Hall–Kier alpha value is -2.28. The largest absolute Gasteiger partial charge is 0.347 e. The molecular formula is C20H29N5O2. The molecule has 0 saturated carbocycles. The van der Waals surface area contributed by atoms with Crippen molar-refractivity contribution in [1.29, 1.82) is 0 Å². The molecule has 0 N–H and O–H groups in total. The highest BCUT2D eigenvalue weighted by Gasteiger charge is 2.22. The van der Waals surface area contributed by atoms with Gasteiger partial charge in [0.05, 0.1) is 11.4 Å². The van der Waals surface area contributed by atoms with Crippen LogP contribution in [0.2, 0.25) is 0 Å². The Morgan fingerprint density at radius 3 is 2.44 bits per heavy atom. The van der Waals surface area contributed by atoms with Gasteiger partial charge in [0.1, 0.15) is 0 Å². The molecule has 1 fully saturated rings. The lowest BCUT2D eigenvalue weighted by molar-refractivity contribution is 0.161. The minimum absolute atomic E-state index is 0.0326. The maximum Gasteiger partial charge on any atom is 0.347 e. The molecule has 1 aliphatic heterocycles. The van der Waals surface area contributed by atoms with Gasteiger partial charge in [-0.25, -0.2) is 9.48 Å². The van der Waals surface area contributed by atoms with Gasteiger partial charge in [0, 0.05) is 37.8 Å². The summed E-state index contributed by atoms with van der Waals surface area (Å²) in [6.45, 7) is 9.56. The lowest BCUT2D eigenvalue weighted by Gasteiger charge is -2.31. The number of likely N-dealkylation sites (tertiary alicyclic amines) is 1. The van der Waals surface area contributed by atoms with Crippen molar-refractivity contribution in [2.75, 3.05) is 13.1 Å². The van der Waals surface area contributed by atoms with Crippen molar-refractivity contribution in [3.8, 4) is 0 Å². The van der Waals surface area contributed by atoms with E-state index in [4.69, 9.17) is 0 Å². The molecule has 0 amide bonds. The summed E-state index contributed by atoms with van der Waals surface area (Å²) in [5, 5.41) is 4.59. The van der Waals surface area contributed by atoms with Gasteiger partial charge in [-0.05, 0) is 44.0 Å². The van der Waals surface area contributed by atoms with E-state index < -0.39 is 0 Å². The van der Waals surface area contributed by atoms with Gasteiger partial charge in [0.25, 0.3) is 5.56 Å². The maximum absolute atomic E-state index is 12.2. The van der Waals surface area contributed by atoms with E-state index >= 15 is 0 Å². The Morgan fingerprint density at radius 2 is 1.81 bits per heavy atom. The van der Waals surface area contributed by atoms with Gasteiger partial charge in [-0.1, -0.05) is 20.8 Å². The molecule has 3 rings (SSSR count). The third-order valence-corrected chi connectivity index (χ3v) is 5.19. The molecule has 1 aliphatic rings. The molecule has 0 bridgehead atoms. The van der Waals surface area contributed by atoms with Crippen LogP contribution in [-0.2, 0) is 25.6 Å². The van der Waals surface area contributed by atoms with Gasteiger partial charge < -0.3 is 4.57 Å². The van der Waals surface area contributed by atoms with Crippen molar-refractivity contribution >= 4 is 0 Å². The van der Waals surface area contributed by atoms with Crippen LogP contribution in [0.15, 0.2) is 34.0 Å². The zero-order valence-corrected chi connectivity index (χ0v) is 16.7. The van der Waals surface area contributed by atoms with E-state index in [1.165, 1.54) is 4.57 Å². The molecular weight excluding hydrogens is 342 g/mol. The summed E-state index contributed by atoms with van der Waals surface area (Å²) in [5.41, 5.74) is 1.43. The van der Waals surface area contributed by atoms with Crippen LogP contribution >= 0.6 is 0 Å². The standard InChI is InChI=1S/C20H29N5O2/c1-20(2,3)17-5-6-18(26)25(22-17)13-15-7-11-24(12-8-15)14-16-9-10-23(4)19(27)21-16/h5-6,9-10,15H,7-8,11-14H2,1-4H3. The summed E-state index contributed by atoms with van der Waals surface area (Å²) in [7, 11) is 1.70. The number of hydrogen-bond donors (Lipinski definition) is 0. The highest BCUT2D eigenvalue weighted by atomic mass is 16.1. The first-order valence-corrected chi connectivity index (χ1v) is 9.56. The predicted molar refractivity (Wildman–Crippen MR) is 105 cm³/mol. The summed E-state index contributed by atoms with van der Waals surface area (Å²) in [6.07, 6.45) is 3.79. The second kappa shape index (κ2) is 7.76. The molecule has 2 aromatic heterocycles. The molecule has 7 nitrogen and oxygen atoms in total. The zero-order chi connectivity index (χ0) is 19.6. The van der Waals surface area contributed by atoms with Gasteiger partial charge in [-0.3, -0.25) is 9.69 Å². The van der Waals surface area contributed by atoms with Gasteiger partial charge in [0.15, 0.2) is 0 Å². The van der Waals surface area contributed by atoms with Crippen LogP contribution in [0.1, 0.15) is 45.0 Å². The van der Waals surface area contributed by atoms with Crippen molar-refractivity contribution in [1.82, 2.24) is 24.2 Å². The second-order valence-corrected chi connectivity index (χ2v) is 8.52. The van der Waals surface area contributed by atoms with Gasteiger partial charge in [0.2, 0.25) is 0 Å². The molecule has 0 atom stereocenters. The molecule has 0 aliphatic carbocycles. The van der Waals surface area contributed by atoms with Crippen molar-refractivity contribution in [2.45, 2.75) is 52.1 Å². The van der Waals surface area contributed by atoms with E-state index in [9.17, 15) is 9.59 Å². The second-order valence-electron chi connectivity index (χ2n) is 8.52. The number of nitrogens with zero attached hydrogens (tertiary/aromatic N) is 5. The van der Waals surface area contributed by atoms with E-state index in [2.05, 4.69) is 35.8 Å². The summed E-state index contributed by atoms with van der Waals surface area (Å²) in [5.74, 6) is 0.443. The first kappa shape index (κ1) is 19.5. The fourth-order valence-electron chi connectivity index (χ4n) is 3.37. The Balaban J connectivity index is 1.59. The van der Waals surface area contributed by atoms with E-state index in [0.29, 0.717) is 19.0 Å². The van der Waals surface area contributed by atoms with Crippen molar-refractivity contribution in [3.05, 3.63) is 56.6 Å². The highest BCUT2D eigenvalue weighted by molar-refractivity contribution is 5.10. The zero-order valence-electron chi connectivity index (χ0n) is 16.7. The van der Waals surface area contributed by atoms with E-state index in [1.807, 2.05) is 12.1 Å². The lowest BCUT2D eigenvalue weighted by Crippen LogP contribution is -2.37. The van der Waals surface area contributed by atoms with E-state index in [-0.39, 0.29) is 16.7 Å². The third kappa shape index (κ3) is 4.91. The topological polar surface area (TPSA) is 73.0 Å². The van der Waals surface area contributed by atoms with Crippen LogP contribution in [0.4, 0.5) is 0 Å². The minimum atomic E-state index is -0.216. The predicted octanol–water partition coefficient (Wildman–Crippen LogP) is 1.55. The average Bonchev–Trinajstić information content (AvgIpc) is 2.61. The molecule has 0 spiro atoms. The van der Waals surface area contributed by atoms with Gasteiger partial charge in [-0.15, -0.1) is 0 Å². The van der Waals surface area contributed by atoms with Gasteiger partial charge >= 0.3 is 5.69 Å². The summed E-state index contributed by atoms with van der Waals surface area (Å²) >= 11 is 0. The van der Waals surface area contributed by atoms with Crippen LogP contribution in [0.3, 0.4) is 0 Å². The Bertz CT molecular complexity index is 902. The number of aromatic nitrogens is 4. The number of rotatable bonds is 4. The number of hydrogen-bond acceptors (Lipinski definition) is 5. The van der Waals surface area contributed by atoms with Crippen molar-refractivity contribution < 1.29 is 0 Å². The lowest BCUT2D eigenvalue weighted by atomic mass is 9.92. The highest BCUT2D eigenvalue weighted by Crippen LogP contribution is 2.21. The van der Waals surface area contributed by atoms with Crippen LogP contribution < -0.4 is 11.2 Å². The quantitative estimate of drug-likeness (QED) is 0.815. The third-order valence-electron chi connectivity index (χ3n) is 5.19. The average molecular weight is 371 g/mol. The van der Waals surface area contributed by atoms with Crippen LogP contribution in [-0.4, -0.2) is 37.3 Å². The maximum atomic E-state index is 12.2. The first-order valence-electron chi connectivity index (χ1n) is 9.56. The summed E-state index contributed by atoms with van der Waals surface area (Å²) in [4.78, 5) is 30.3. The van der Waals surface area contributed by atoms with Crippen LogP contribution in [0, 0.1) is 5.92 Å². The van der Waals surface area contributed by atoms with Gasteiger partial charge in [-0.2, -0.15) is 10.1 Å². The smallest absolute Gasteiger partial charge is 0.302 e. The Labute approximate surface area is 159 Å². The monoisotopic (exact) mass is 371 g/mol. The van der Waals surface area contributed by atoms with Crippen molar-refractivity contribution in [2.24, 2.45) is 13.0 Å². The molecule has 2 aromatic rings. The molecule has 0 aromatic carbocycles. The number of piperidine rings is 1. The molecule has 7 heteroatoms. The molecule has 1 saturated heterocycles. The van der Waals surface area contributed by atoms with E-state index in [0.717, 1.165) is 37.3 Å². The molecule has 0 radical (unpaired) electrons. The van der Waals surface area contributed by atoms with Crippen molar-refractivity contribution in [3.63, 3.8) is 0 Å². The summed E-state index contributed by atoms with van der Waals surface area (Å²) < 4.78 is 3.11. The molecule has 146 valence electrons. The summed E-state index contributed by atoms with van der Waals surface area (Å²) in [6, 6.07) is 5.36. The first-order chi connectivity index (χ1) is 12.7.